The minimum Gasteiger partial charge on any atom is -0.487 e. The molecule has 0 N–H and O–H groups in total. The lowest BCUT2D eigenvalue weighted by Crippen LogP contribution is -2.13. The smallest absolute Gasteiger partial charge is 0.183 e. The quantitative estimate of drug-likeness (QED) is 0.123. The molecule has 0 amide bonds. The average molecular weight is 729 g/mol. The van der Waals surface area contributed by atoms with Crippen LogP contribution in [0, 0.1) is 45.3 Å². The molecule has 0 aliphatic rings. The van der Waals surface area contributed by atoms with E-state index < -0.39 is 0 Å². The molecule has 0 atom stereocenters. The first kappa shape index (κ1) is 42.1. The molecule has 54 heavy (non-hydrogen) atoms. The minimum absolute atomic E-state index is 0.133. The summed E-state index contributed by atoms with van der Waals surface area (Å²) < 4.78 is 35.1. The van der Waals surface area contributed by atoms with Crippen molar-refractivity contribution in [2.24, 2.45) is 0 Å². The van der Waals surface area contributed by atoms with Crippen LogP contribution in [0.5, 0.6) is 46.0 Å². The van der Waals surface area contributed by atoms with Crippen molar-refractivity contribution in [1.29, 1.82) is 21.0 Å². The summed E-state index contributed by atoms with van der Waals surface area (Å²) in [5.74, 6) is 2.76. The Labute approximate surface area is 319 Å². The Bertz CT molecular complexity index is 1890. The van der Waals surface area contributed by atoms with Crippen LogP contribution in [0.1, 0.15) is 103 Å². The van der Waals surface area contributed by atoms with Crippen LogP contribution in [0.4, 0.5) is 0 Å². The number of hydrogen-bond acceptors (Lipinski definition) is 10. The van der Waals surface area contributed by atoms with Crippen LogP contribution in [0.15, 0.2) is 60.7 Å². The lowest BCUT2D eigenvalue weighted by Gasteiger charge is -2.20. The molecule has 280 valence electrons. The molecule has 4 rings (SSSR count). The summed E-state index contributed by atoms with van der Waals surface area (Å²) in [5.41, 5.74) is 3.09. The fourth-order valence-corrected chi connectivity index (χ4v) is 5.04. The predicted molar refractivity (Wildman–Crippen MR) is 207 cm³/mol. The first-order valence-electron chi connectivity index (χ1n) is 18.0. The highest BCUT2D eigenvalue weighted by molar-refractivity contribution is 5.68. The van der Waals surface area contributed by atoms with Gasteiger partial charge in [-0.2, -0.15) is 21.0 Å². The molecule has 0 unspecified atom stereocenters. The summed E-state index contributed by atoms with van der Waals surface area (Å²) in [5, 5.41) is 38.7. The van der Waals surface area contributed by atoms with Gasteiger partial charge in [0.15, 0.2) is 34.5 Å². The van der Waals surface area contributed by atoms with Gasteiger partial charge in [-0.3, -0.25) is 0 Å². The van der Waals surface area contributed by atoms with Gasteiger partial charge in [0.25, 0.3) is 0 Å². The van der Waals surface area contributed by atoms with E-state index in [4.69, 9.17) is 28.4 Å². The molecule has 10 heteroatoms. The van der Waals surface area contributed by atoms with Crippen molar-refractivity contribution in [3.8, 4) is 70.3 Å². The Morgan fingerprint density at radius 1 is 0.444 bits per heavy atom. The third-order valence-electron chi connectivity index (χ3n) is 7.40. The van der Waals surface area contributed by atoms with Gasteiger partial charge in [-0.25, -0.2) is 0 Å². The second-order valence-electron chi connectivity index (χ2n) is 13.2. The van der Waals surface area contributed by atoms with Gasteiger partial charge in [0.2, 0.25) is 0 Å². The first-order chi connectivity index (χ1) is 25.8. The zero-order chi connectivity index (χ0) is 39.9. The van der Waals surface area contributed by atoms with Crippen LogP contribution < -0.4 is 28.4 Å². The zero-order valence-electron chi connectivity index (χ0n) is 32.7. The van der Waals surface area contributed by atoms with E-state index in [1.54, 1.807) is 12.1 Å². The van der Waals surface area contributed by atoms with Crippen molar-refractivity contribution in [1.82, 2.24) is 0 Å². The highest BCUT2D eigenvalue weighted by Crippen LogP contribution is 2.44. The molecule has 0 spiro atoms. The van der Waals surface area contributed by atoms with Gasteiger partial charge in [-0.1, -0.05) is 38.1 Å². The first-order valence-corrected chi connectivity index (χ1v) is 18.0. The number of rotatable bonds is 14. The molecule has 0 aliphatic carbocycles. The van der Waals surface area contributed by atoms with E-state index in [-0.39, 0.29) is 58.2 Å². The maximum atomic E-state index is 9.78. The van der Waals surface area contributed by atoms with Crippen LogP contribution >= 0.6 is 0 Å². The predicted octanol–water partition coefficient (Wildman–Crippen LogP) is 10.7. The summed E-state index contributed by atoms with van der Waals surface area (Å²) in [4.78, 5) is 0. The van der Waals surface area contributed by atoms with Crippen LogP contribution in [-0.4, -0.2) is 24.4 Å². The topological polar surface area (TPSA) is 151 Å². The number of aryl methyl sites for hydroxylation is 2. The summed E-state index contributed by atoms with van der Waals surface area (Å²) in [6, 6.07) is 26.7. The Morgan fingerprint density at radius 2 is 0.759 bits per heavy atom. The van der Waals surface area contributed by atoms with E-state index in [1.807, 2.05) is 104 Å². The molecule has 0 saturated carbocycles. The number of benzene rings is 4. The van der Waals surface area contributed by atoms with Gasteiger partial charge < -0.3 is 28.4 Å². The molecular weight excluding hydrogens is 681 g/mol. The van der Waals surface area contributed by atoms with Crippen molar-refractivity contribution in [3.05, 3.63) is 94.0 Å². The largest absolute Gasteiger partial charge is 0.487 e. The van der Waals surface area contributed by atoms with Crippen molar-refractivity contribution in [3.63, 3.8) is 0 Å². The van der Waals surface area contributed by atoms with Crippen molar-refractivity contribution in [2.45, 2.75) is 106 Å². The third kappa shape index (κ3) is 11.3. The van der Waals surface area contributed by atoms with E-state index >= 15 is 0 Å². The molecule has 4 aromatic carbocycles. The normalized spacial score (nSPS) is 10.4. The van der Waals surface area contributed by atoms with E-state index in [2.05, 4.69) is 38.1 Å². The van der Waals surface area contributed by atoms with Crippen LogP contribution in [-0.2, 0) is 12.8 Å². The summed E-state index contributed by atoms with van der Waals surface area (Å²) >= 11 is 0. The molecular formula is C44H48N4O6. The number of nitriles is 4. The second kappa shape index (κ2) is 20.0. The van der Waals surface area contributed by atoms with Gasteiger partial charge >= 0.3 is 0 Å². The maximum absolute atomic E-state index is 9.78. The molecule has 0 heterocycles. The molecule has 4 aromatic rings. The standard InChI is InChI=1S/2C22H24N2O3/c2*1-6-16-7-9-18(10-8-16)27-21-17(12-23)11-20(25-14(2)3)22(19(21)13-24)26-15(4)5/h2*7-11,14-15H,6H2,1-5H3. The summed E-state index contributed by atoms with van der Waals surface area (Å²) in [6.45, 7) is 19.1. The van der Waals surface area contributed by atoms with E-state index in [9.17, 15) is 21.0 Å². The van der Waals surface area contributed by atoms with E-state index in [0.29, 0.717) is 34.5 Å². The van der Waals surface area contributed by atoms with E-state index in [1.165, 1.54) is 11.1 Å². The fraction of sp³-hybridized carbons (Fsp3) is 0.364. The number of hydrogen-bond donors (Lipinski definition) is 0. The van der Waals surface area contributed by atoms with Crippen molar-refractivity contribution in [2.75, 3.05) is 0 Å². The Morgan fingerprint density at radius 3 is 1.00 bits per heavy atom. The zero-order valence-corrected chi connectivity index (χ0v) is 32.7. The molecule has 0 fully saturated rings. The highest BCUT2D eigenvalue weighted by atomic mass is 16.5. The average Bonchev–Trinajstić information content (AvgIpc) is 3.13. The maximum Gasteiger partial charge on any atom is 0.183 e. The number of nitrogens with zero attached hydrogens (tertiary/aromatic N) is 4. The van der Waals surface area contributed by atoms with Crippen molar-refractivity contribution < 1.29 is 28.4 Å². The van der Waals surface area contributed by atoms with Crippen LogP contribution in [0.25, 0.3) is 0 Å². The Kier molecular flexibility index (Phi) is 15.6. The Hall–Kier alpha value is -6.36. The lowest BCUT2D eigenvalue weighted by atomic mass is 10.1. The number of ether oxygens (including phenoxy) is 6. The van der Waals surface area contributed by atoms with Gasteiger partial charge in [-0.15, -0.1) is 0 Å². The SMILES string of the molecule is CCc1ccc(Oc2c(C#N)cc(OC(C)C)c(OC(C)C)c2C#N)cc1.CCc1ccc(Oc2c(C#N)cc(OC(C)C)c(OC(C)C)c2C#N)cc1. The summed E-state index contributed by atoms with van der Waals surface area (Å²) in [7, 11) is 0. The second-order valence-corrected chi connectivity index (χ2v) is 13.2. The third-order valence-corrected chi connectivity index (χ3v) is 7.40. The van der Waals surface area contributed by atoms with Gasteiger partial charge in [0.1, 0.15) is 46.9 Å². The van der Waals surface area contributed by atoms with Crippen molar-refractivity contribution >= 4 is 0 Å². The van der Waals surface area contributed by atoms with E-state index in [0.717, 1.165) is 12.8 Å². The summed E-state index contributed by atoms with van der Waals surface area (Å²) in [6.07, 6.45) is 1.23. The van der Waals surface area contributed by atoms with Crippen LogP contribution in [0.2, 0.25) is 0 Å². The molecule has 0 bridgehead atoms. The lowest BCUT2D eigenvalue weighted by molar-refractivity contribution is 0.197. The Balaban J connectivity index is 0.000000290. The highest BCUT2D eigenvalue weighted by Gasteiger charge is 2.25. The molecule has 0 aromatic heterocycles. The van der Waals surface area contributed by atoms with Gasteiger partial charge in [-0.05, 0) is 104 Å². The molecule has 0 aliphatic heterocycles. The molecule has 10 nitrogen and oxygen atoms in total. The van der Waals surface area contributed by atoms with Gasteiger partial charge in [0.05, 0.1) is 35.5 Å². The fourth-order valence-electron chi connectivity index (χ4n) is 5.04. The van der Waals surface area contributed by atoms with Gasteiger partial charge in [0, 0.05) is 12.1 Å². The monoisotopic (exact) mass is 728 g/mol. The van der Waals surface area contributed by atoms with Crippen LogP contribution in [0.3, 0.4) is 0 Å². The molecule has 0 radical (unpaired) electrons. The minimum atomic E-state index is -0.170. The molecule has 0 saturated heterocycles.